The highest BCUT2D eigenvalue weighted by Gasteiger charge is 2.39. The Balaban J connectivity index is 1.21. The Hall–Kier alpha value is -6.12. The summed E-state index contributed by atoms with van der Waals surface area (Å²) in [5, 5.41) is 4.93. The topological polar surface area (TPSA) is 6.48 Å². The highest BCUT2D eigenvalue weighted by Crippen LogP contribution is 2.52. The third-order valence-corrected chi connectivity index (χ3v) is 11.6. The second-order valence-corrected chi connectivity index (χ2v) is 16.1. The molecular weight excluding hydrogens is 653 g/mol. The molecule has 54 heavy (non-hydrogen) atoms. The third kappa shape index (κ3) is 6.02. The van der Waals surface area contributed by atoms with Gasteiger partial charge in [-0.05, 0) is 123 Å². The molecule has 0 fully saturated rings. The SMILES string of the molecule is CC1(C)CCC(C)(C)c2c(N(c3cccc(-c4cccc(N(c5ccccc5)c5cccc6ccccc56)c4)c3)c3ccc4ccccc4c3)cccc21. The average molecular weight is 699 g/mol. The molecule has 0 spiro atoms. The van der Waals surface area contributed by atoms with Crippen LogP contribution < -0.4 is 9.80 Å². The standard InChI is InChI=1S/C52H46N2/c1-51(2)32-33-52(3,4)50-47(51)27-15-29-49(50)54(45-31-30-37-16-8-9-18-39(37)34-45)44-25-13-21-41(36-44)40-20-12-24-43(35-40)53(42-22-6-5-7-23-42)48-28-14-19-38-17-10-11-26-46(38)48/h5-31,34-36H,32-33H2,1-4H3. The second kappa shape index (κ2) is 13.4. The van der Waals surface area contributed by atoms with E-state index >= 15 is 0 Å². The van der Waals surface area contributed by atoms with Gasteiger partial charge in [-0.3, -0.25) is 0 Å². The molecule has 0 unspecified atom stereocenters. The molecule has 0 bridgehead atoms. The van der Waals surface area contributed by atoms with Gasteiger partial charge in [0.05, 0.1) is 11.4 Å². The molecule has 0 radical (unpaired) electrons. The average Bonchev–Trinajstić information content (AvgIpc) is 3.21. The zero-order chi connectivity index (χ0) is 36.9. The lowest BCUT2D eigenvalue weighted by Gasteiger charge is -2.44. The van der Waals surface area contributed by atoms with Gasteiger partial charge in [0.25, 0.3) is 0 Å². The maximum absolute atomic E-state index is 2.51. The van der Waals surface area contributed by atoms with Gasteiger partial charge in [0.2, 0.25) is 0 Å². The van der Waals surface area contributed by atoms with Gasteiger partial charge in [-0.1, -0.05) is 149 Å². The molecule has 0 heterocycles. The minimum Gasteiger partial charge on any atom is -0.310 e. The van der Waals surface area contributed by atoms with Crippen LogP contribution in [0.5, 0.6) is 0 Å². The highest BCUT2D eigenvalue weighted by atomic mass is 15.2. The first kappa shape index (κ1) is 33.7. The molecule has 0 N–H and O–H groups in total. The minimum atomic E-state index is 0.0327. The molecule has 0 aromatic heterocycles. The number of hydrogen-bond acceptors (Lipinski definition) is 2. The molecule has 8 aromatic rings. The number of benzene rings is 8. The van der Waals surface area contributed by atoms with Crippen LogP contribution >= 0.6 is 0 Å². The van der Waals surface area contributed by atoms with Crippen LogP contribution in [0.15, 0.2) is 182 Å². The van der Waals surface area contributed by atoms with E-state index in [4.69, 9.17) is 0 Å². The lowest BCUT2D eigenvalue weighted by Crippen LogP contribution is -2.35. The van der Waals surface area contributed by atoms with Gasteiger partial charge >= 0.3 is 0 Å². The Labute approximate surface area is 320 Å². The summed E-state index contributed by atoms with van der Waals surface area (Å²) in [5.74, 6) is 0. The van der Waals surface area contributed by atoms with Gasteiger partial charge in [0.1, 0.15) is 0 Å². The summed E-state index contributed by atoms with van der Waals surface area (Å²) in [6.45, 7) is 9.69. The summed E-state index contributed by atoms with van der Waals surface area (Å²) in [6, 6.07) is 66.6. The zero-order valence-corrected chi connectivity index (χ0v) is 31.6. The molecule has 0 atom stereocenters. The zero-order valence-electron chi connectivity index (χ0n) is 31.6. The van der Waals surface area contributed by atoms with Gasteiger partial charge in [0.15, 0.2) is 0 Å². The van der Waals surface area contributed by atoms with Gasteiger partial charge in [-0.2, -0.15) is 0 Å². The Morgan fingerprint density at radius 2 is 0.889 bits per heavy atom. The molecule has 1 aliphatic carbocycles. The van der Waals surface area contributed by atoms with Crippen molar-refractivity contribution in [2.75, 3.05) is 9.80 Å². The fourth-order valence-electron chi connectivity index (χ4n) is 8.69. The van der Waals surface area contributed by atoms with Crippen LogP contribution in [0.25, 0.3) is 32.7 Å². The summed E-state index contributed by atoms with van der Waals surface area (Å²) >= 11 is 0. The summed E-state index contributed by atoms with van der Waals surface area (Å²) in [6.07, 6.45) is 2.33. The van der Waals surface area contributed by atoms with Crippen molar-refractivity contribution < 1.29 is 0 Å². The molecule has 1 aliphatic rings. The van der Waals surface area contributed by atoms with E-state index < -0.39 is 0 Å². The lowest BCUT2D eigenvalue weighted by molar-refractivity contribution is 0.332. The second-order valence-electron chi connectivity index (χ2n) is 16.1. The summed E-state index contributed by atoms with van der Waals surface area (Å²) < 4.78 is 0. The van der Waals surface area contributed by atoms with E-state index in [0.717, 1.165) is 29.2 Å². The van der Waals surface area contributed by atoms with Crippen molar-refractivity contribution in [3.05, 3.63) is 193 Å². The normalized spacial score (nSPS) is 14.4. The van der Waals surface area contributed by atoms with Crippen molar-refractivity contribution >= 4 is 55.7 Å². The van der Waals surface area contributed by atoms with Crippen LogP contribution in [-0.2, 0) is 10.8 Å². The van der Waals surface area contributed by atoms with Gasteiger partial charge in [-0.25, -0.2) is 0 Å². The Morgan fingerprint density at radius 1 is 0.370 bits per heavy atom. The van der Waals surface area contributed by atoms with E-state index in [1.54, 1.807) is 0 Å². The van der Waals surface area contributed by atoms with E-state index in [0.29, 0.717) is 0 Å². The number of para-hydroxylation sites is 1. The largest absolute Gasteiger partial charge is 0.310 e. The van der Waals surface area contributed by atoms with E-state index in [1.165, 1.54) is 61.6 Å². The molecule has 8 aromatic carbocycles. The van der Waals surface area contributed by atoms with E-state index in [-0.39, 0.29) is 10.8 Å². The highest BCUT2D eigenvalue weighted by molar-refractivity contribution is 5.99. The fraction of sp³-hybridized carbons (Fsp3) is 0.154. The monoisotopic (exact) mass is 698 g/mol. The summed E-state index contributed by atoms with van der Waals surface area (Å²) in [7, 11) is 0. The molecule has 0 saturated heterocycles. The van der Waals surface area contributed by atoms with Crippen molar-refractivity contribution in [2.45, 2.75) is 51.4 Å². The van der Waals surface area contributed by atoms with Crippen molar-refractivity contribution in [1.82, 2.24) is 0 Å². The Bertz CT molecular complexity index is 2630. The molecule has 0 amide bonds. The lowest BCUT2D eigenvalue weighted by atomic mass is 9.62. The number of anilines is 6. The Kier molecular flexibility index (Phi) is 8.35. The Morgan fingerprint density at radius 3 is 1.63 bits per heavy atom. The number of nitrogens with zero attached hydrogens (tertiary/aromatic N) is 2. The summed E-state index contributed by atoms with van der Waals surface area (Å²) in [4.78, 5) is 4.89. The van der Waals surface area contributed by atoms with E-state index in [2.05, 4.69) is 219 Å². The summed E-state index contributed by atoms with van der Waals surface area (Å²) in [5.41, 5.74) is 12.4. The van der Waals surface area contributed by atoms with Crippen LogP contribution in [0.2, 0.25) is 0 Å². The first-order chi connectivity index (χ1) is 26.3. The van der Waals surface area contributed by atoms with Crippen molar-refractivity contribution in [2.24, 2.45) is 0 Å². The van der Waals surface area contributed by atoms with Crippen LogP contribution in [0.3, 0.4) is 0 Å². The maximum Gasteiger partial charge on any atom is 0.0540 e. The first-order valence-electron chi connectivity index (χ1n) is 19.2. The van der Waals surface area contributed by atoms with Crippen LogP contribution in [0, 0.1) is 0 Å². The van der Waals surface area contributed by atoms with E-state index in [1.807, 2.05) is 0 Å². The van der Waals surface area contributed by atoms with Crippen molar-refractivity contribution in [1.29, 1.82) is 0 Å². The predicted octanol–water partition coefficient (Wildman–Crippen LogP) is 14.9. The maximum atomic E-state index is 2.51. The van der Waals surface area contributed by atoms with E-state index in [9.17, 15) is 0 Å². The third-order valence-electron chi connectivity index (χ3n) is 11.6. The molecule has 0 saturated carbocycles. The molecule has 0 aliphatic heterocycles. The number of fused-ring (bicyclic) bond motifs is 3. The van der Waals surface area contributed by atoms with Crippen LogP contribution in [-0.4, -0.2) is 0 Å². The number of hydrogen-bond donors (Lipinski definition) is 0. The molecular formula is C52H46N2. The molecule has 2 nitrogen and oxygen atoms in total. The number of rotatable bonds is 7. The van der Waals surface area contributed by atoms with Gasteiger partial charge in [-0.15, -0.1) is 0 Å². The molecule has 9 rings (SSSR count). The van der Waals surface area contributed by atoms with Crippen molar-refractivity contribution in [3.8, 4) is 11.1 Å². The smallest absolute Gasteiger partial charge is 0.0540 e. The first-order valence-corrected chi connectivity index (χ1v) is 19.2. The molecule has 2 heteroatoms. The molecule has 264 valence electrons. The quantitative estimate of drug-likeness (QED) is 0.163. The van der Waals surface area contributed by atoms with Gasteiger partial charge in [0, 0.05) is 28.1 Å². The minimum absolute atomic E-state index is 0.0327. The van der Waals surface area contributed by atoms with Gasteiger partial charge < -0.3 is 9.80 Å². The predicted molar refractivity (Wildman–Crippen MR) is 232 cm³/mol. The fourth-order valence-corrected chi connectivity index (χ4v) is 8.69. The van der Waals surface area contributed by atoms with Crippen LogP contribution in [0.1, 0.15) is 51.7 Å². The van der Waals surface area contributed by atoms with Crippen molar-refractivity contribution in [3.63, 3.8) is 0 Å². The van der Waals surface area contributed by atoms with Crippen LogP contribution in [0.4, 0.5) is 34.1 Å².